The molecular formula is C9H8ClFINO2S. The summed E-state index contributed by atoms with van der Waals surface area (Å²) in [6.45, 7) is 0. The fourth-order valence-corrected chi connectivity index (χ4v) is 2.73. The molecule has 1 aromatic rings. The van der Waals surface area contributed by atoms with Gasteiger partial charge in [-0.3, -0.25) is 10.1 Å². The molecule has 0 amide bonds. The van der Waals surface area contributed by atoms with Crippen molar-refractivity contribution in [1.82, 2.24) is 0 Å². The van der Waals surface area contributed by atoms with Crippen molar-refractivity contribution in [1.29, 1.82) is 0 Å². The van der Waals surface area contributed by atoms with E-state index >= 15 is 0 Å². The molecule has 0 atom stereocenters. The number of halogens is 3. The van der Waals surface area contributed by atoms with Gasteiger partial charge in [0.2, 0.25) is 0 Å². The van der Waals surface area contributed by atoms with E-state index in [4.69, 9.17) is 11.6 Å². The molecule has 0 aliphatic carbocycles. The maximum atomic E-state index is 13.3. The zero-order valence-electron chi connectivity index (χ0n) is 8.08. The zero-order chi connectivity index (χ0) is 12.1. The minimum absolute atomic E-state index is 0.0506. The van der Waals surface area contributed by atoms with Gasteiger partial charge in [0.1, 0.15) is 5.82 Å². The van der Waals surface area contributed by atoms with Crippen molar-refractivity contribution >= 4 is 51.6 Å². The van der Waals surface area contributed by atoms with Gasteiger partial charge < -0.3 is 0 Å². The van der Waals surface area contributed by atoms with Crippen LogP contribution in [0.15, 0.2) is 17.0 Å². The lowest BCUT2D eigenvalue weighted by molar-refractivity contribution is -0.387. The third kappa shape index (κ3) is 3.74. The van der Waals surface area contributed by atoms with Crippen molar-refractivity contribution in [3.05, 3.63) is 31.6 Å². The standard InChI is InChI=1S/C9H8ClFINO2S/c10-2-1-3-16-9-4-6(11)7(12)5-8(9)13(14)15/h4-5H,1-3H2. The summed E-state index contributed by atoms with van der Waals surface area (Å²) in [4.78, 5) is 10.6. The molecule has 0 saturated carbocycles. The summed E-state index contributed by atoms with van der Waals surface area (Å²) in [5, 5.41) is 10.8. The minimum Gasteiger partial charge on any atom is -0.258 e. The molecule has 0 fully saturated rings. The molecule has 0 saturated heterocycles. The van der Waals surface area contributed by atoms with Gasteiger partial charge in [0.15, 0.2) is 0 Å². The molecule has 0 aliphatic heterocycles. The van der Waals surface area contributed by atoms with Crippen molar-refractivity contribution in [3.63, 3.8) is 0 Å². The summed E-state index contributed by atoms with van der Waals surface area (Å²) in [5.41, 5.74) is -0.0506. The molecule has 0 aromatic heterocycles. The molecule has 88 valence electrons. The molecule has 0 bridgehead atoms. The van der Waals surface area contributed by atoms with E-state index in [0.717, 1.165) is 6.42 Å². The molecule has 16 heavy (non-hydrogen) atoms. The van der Waals surface area contributed by atoms with E-state index in [1.807, 2.05) is 0 Å². The van der Waals surface area contributed by atoms with Crippen LogP contribution >= 0.6 is 46.0 Å². The topological polar surface area (TPSA) is 43.1 Å². The zero-order valence-corrected chi connectivity index (χ0v) is 11.8. The van der Waals surface area contributed by atoms with Crippen molar-refractivity contribution in [2.45, 2.75) is 11.3 Å². The Balaban J connectivity index is 2.95. The Morgan fingerprint density at radius 1 is 1.56 bits per heavy atom. The third-order valence-electron chi connectivity index (χ3n) is 1.73. The normalized spacial score (nSPS) is 10.4. The van der Waals surface area contributed by atoms with Crippen LogP contribution in [0.1, 0.15) is 6.42 Å². The molecule has 0 N–H and O–H groups in total. The molecule has 1 rings (SSSR count). The third-order valence-corrected chi connectivity index (χ3v) is 3.96. The SMILES string of the molecule is O=[N+]([O-])c1cc(I)c(F)cc1SCCCCl. The van der Waals surface area contributed by atoms with Crippen LogP contribution in [0.5, 0.6) is 0 Å². The maximum Gasteiger partial charge on any atom is 0.284 e. The second-order valence-corrected chi connectivity index (χ2v) is 5.56. The number of hydrogen-bond acceptors (Lipinski definition) is 3. The van der Waals surface area contributed by atoms with Gasteiger partial charge in [-0.2, -0.15) is 0 Å². The highest BCUT2D eigenvalue weighted by atomic mass is 127. The van der Waals surface area contributed by atoms with E-state index in [9.17, 15) is 14.5 Å². The van der Waals surface area contributed by atoms with E-state index in [2.05, 4.69) is 0 Å². The number of hydrogen-bond donors (Lipinski definition) is 0. The highest BCUT2D eigenvalue weighted by Gasteiger charge is 2.17. The van der Waals surface area contributed by atoms with Crippen molar-refractivity contribution in [3.8, 4) is 0 Å². The first-order valence-corrected chi connectivity index (χ1v) is 6.98. The smallest absolute Gasteiger partial charge is 0.258 e. The second-order valence-electron chi connectivity index (χ2n) is 2.88. The second kappa shape index (κ2) is 6.61. The van der Waals surface area contributed by atoms with E-state index in [1.165, 1.54) is 23.9 Å². The molecule has 0 spiro atoms. The molecular weight excluding hydrogens is 368 g/mol. The molecule has 3 nitrogen and oxygen atoms in total. The Bertz CT molecular complexity index is 405. The van der Waals surface area contributed by atoms with Gasteiger partial charge in [-0.1, -0.05) is 0 Å². The van der Waals surface area contributed by atoms with E-state index in [0.29, 0.717) is 16.5 Å². The van der Waals surface area contributed by atoms with Crippen molar-refractivity contribution < 1.29 is 9.31 Å². The summed E-state index contributed by atoms with van der Waals surface area (Å²) < 4.78 is 13.5. The van der Waals surface area contributed by atoms with Gasteiger partial charge in [0.05, 0.1) is 13.4 Å². The number of nitro groups is 1. The number of nitrogens with zero attached hydrogens (tertiary/aromatic N) is 1. The van der Waals surface area contributed by atoms with E-state index < -0.39 is 10.7 Å². The Morgan fingerprint density at radius 2 is 2.25 bits per heavy atom. The Morgan fingerprint density at radius 3 is 2.81 bits per heavy atom. The fraction of sp³-hybridized carbons (Fsp3) is 0.333. The highest BCUT2D eigenvalue weighted by molar-refractivity contribution is 14.1. The van der Waals surface area contributed by atoms with Crippen LogP contribution in [-0.2, 0) is 0 Å². The number of thioether (sulfide) groups is 1. The van der Waals surface area contributed by atoms with E-state index in [1.54, 1.807) is 22.6 Å². The quantitative estimate of drug-likeness (QED) is 0.195. The molecule has 0 radical (unpaired) electrons. The fourth-order valence-electron chi connectivity index (χ4n) is 1.01. The van der Waals surface area contributed by atoms with E-state index in [-0.39, 0.29) is 9.26 Å². The van der Waals surface area contributed by atoms with Gasteiger partial charge in [-0.15, -0.1) is 23.4 Å². The van der Waals surface area contributed by atoms with Crippen LogP contribution in [0.25, 0.3) is 0 Å². The summed E-state index contributed by atoms with van der Waals surface area (Å²) in [6, 6.07) is 2.46. The highest BCUT2D eigenvalue weighted by Crippen LogP contribution is 2.32. The lowest BCUT2D eigenvalue weighted by Crippen LogP contribution is -1.95. The molecule has 0 heterocycles. The number of benzene rings is 1. The van der Waals surface area contributed by atoms with Gasteiger partial charge in [-0.05, 0) is 40.8 Å². The molecule has 0 unspecified atom stereocenters. The molecule has 0 aliphatic rings. The lowest BCUT2D eigenvalue weighted by atomic mass is 10.3. The Labute approximate surface area is 115 Å². The van der Waals surface area contributed by atoms with Crippen LogP contribution in [-0.4, -0.2) is 16.6 Å². The van der Waals surface area contributed by atoms with Crippen LogP contribution in [0.2, 0.25) is 0 Å². The first-order chi connectivity index (χ1) is 7.56. The van der Waals surface area contributed by atoms with Crippen LogP contribution < -0.4 is 0 Å². The number of alkyl halides is 1. The summed E-state index contributed by atoms with van der Waals surface area (Å²) in [7, 11) is 0. The average molecular weight is 376 g/mol. The summed E-state index contributed by atoms with van der Waals surface area (Å²) in [6.07, 6.45) is 0.733. The van der Waals surface area contributed by atoms with Crippen LogP contribution in [0.3, 0.4) is 0 Å². The predicted molar refractivity (Wildman–Crippen MR) is 71.8 cm³/mol. The minimum atomic E-state index is -0.495. The predicted octanol–water partition coefficient (Wildman–Crippen LogP) is 4.06. The van der Waals surface area contributed by atoms with Crippen molar-refractivity contribution in [2.24, 2.45) is 0 Å². The first kappa shape index (κ1) is 14.0. The lowest BCUT2D eigenvalue weighted by Gasteiger charge is -2.03. The van der Waals surface area contributed by atoms with Gasteiger partial charge in [0, 0.05) is 11.9 Å². The monoisotopic (exact) mass is 375 g/mol. The molecule has 7 heteroatoms. The number of nitro benzene ring substituents is 1. The Hall–Kier alpha value is -0.0800. The summed E-state index contributed by atoms with van der Waals surface area (Å²) >= 11 is 8.49. The molecule has 1 aromatic carbocycles. The average Bonchev–Trinajstić information content (AvgIpc) is 2.23. The van der Waals surface area contributed by atoms with Gasteiger partial charge in [0.25, 0.3) is 5.69 Å². The van der Waals surface area contributed by atoms with Crippen LogP contribution in [0, 0.1) is 19.5 Å². The van der Waals surface area contributed by atoms with Crippen molar-refractivity contribution in [2.75, 3.05) is 11.6 Å². The largest absolute Gasteiger partial charge is 0.284 e. The maximum absolute atomic E-state index is 13.3. The van der Waals surface area contributed by atoms with Crippen LogP contribution in [0.4, 0.5) is 10.1 Å². The summed E-state index contributed by atoms with van der Waals surface area (Å²) in [5.74, 6) is 0.706. The Kier molecular flexibility index (Phi) is 5.77. The van der Waals surface area contributed by atoms with Gasteiger partial charge >= 0.3 is 0 Å². The number of rotatable bonds is 5. The van der Waals surface area contributed by atoms with Gasteiger partial charge in [-0.25, -0.2) is 4.39 Å². The first-order valence-electron chi connectivity index (χ1n) is 4.38.